The Kier molecular flexibility index (Phi) is 12.5. The number of aliphatic imine (C=N–C) groups is 1. The Morgan fingerprint density at radius 2 is 1.93 bits per heavy atom. The molecular weight excluding hydrogens is 509 g/mol. The number of aromatic nitrogens is 1. The molecule has 0 saturated carbocycles. The highest BCUT2D eigenvalue weighted by Crippen LogP contribution is 2.26. The molecular formula is C20H27F2IN4O3. The highest BCUT2D eigenvalue weighted by molar-refractivity contribution is 14.0. The number of benzene rings is 1. The number of alkyl halides is 2. The summed E-state index contributed by atoms with van der Waals surface area (Å²) in [6.07, 6.45) is 4.12. The summed E-state index contributed by atoms with van der Waals surface area (Å²) in [6, 6.07) is 8.49. The van der Waals surface area contributed by atoms with Crippen molar-refractivity contribution in [2.24, 2.45) is 4.99 Å². The maximum Gasteiger partial charge on any atom is 0.387 e. The molecule has 1 aromatic heterocycles. The van der Waals surface area contributed by atoms with E-state index in [9.17, 15) is 8.78 Å². The molecule has 0 aliphatic carbocycles. The number of hydrogen-bond donors (Lipinski definition) is 2. The Hall–Kier alpha value is -2.37. The Morgan fingerprint density at radius 1 is 1.13 bits per heavy atom. The van der Waals surface area contributed by atoms with Crippen molar-refractivity contribution in [2.45, 2.75) is 26.5 Å². The van der Waals surface area contributed by atoms with Gasteiger partial charge in [0.15, 0.2) is 5.96 Å². The van der Waals surface area contributed by atoms with Gasteiger partial charge in [-0.25, -0.2) is 0 Å². The summed E-state index contributed by atoms with van der Waals surface area (Å²) in [5, 5.41) is 6.16. The van der Waals surface area contributed by atoms with Crippen LogP contribution in [0.1, 0.15) is 18.9 Å². The Balaban J connectivity index is 0.00000450. The van der Waals surface area contributed by atoms with Crippen LogP contribution >= 0.6 is 24.0 Å². The van der Waals surface area contributed by atoms with Crippen LogP contribution in [0.15, 0.2) is 47.7 Å². The maximum absolute atomic E-state index is 12.8. The molecule has 0 amide bonds. The topological polar surface area (TPSA) is 77.0 Å². The number of rotatable bonds is 11. The molecule has 1 heterocycles. The fraction of sp³-hybridized carbons (Fsp3) is 0.400. The van der Waals surface area contributed by atoms with Crippen molar-refractivity contribution in [2.75, 3.05) is 26.8 Å². The molecule has 2 N–H and O–H groups in total. The lowest BCUT2D eigenvalue weighted by atomic mass is 10.2. The fourth-order valence-electron chi connectivity index (χ4n) is 2.37. The quantitative estimate of drug-likeness (QED) is 0.197. The van der Waals surface area contributed by atoms with Crippen LogP contribution < -0.4 is 24.8 Å². The highest BCUT2D eigenvalue weighted by Gasteiger charge is 2.12. The third kappa shape index (κ3) is 9.42. The highest BCUT2D eigenvalue weighted by atomic mass is 127. The number of hydrogen-bond acceptors (Lipinski definition) is 5. The summed E-state index contributed by atoms with van der Waals surface area (Å²) >= 11 is 0. The predicted molar refractivity (Wildman–Crippen MR) is 122 cm³/mol. The van der Waals surface area contributed by atoms with Gasteiger partial charge in [-0.3, -0.25) is 9.98 Å². The Morgan fingerprint density at radius 3 is 2.60 bits per heavy atom. The standard InChI is InChI=1S/C20H26F2N4O3.HI/c1-3-10-27-16-7-6-15(18(12-16)29-19(21)22)13-26-20(23-2)25-9-11-28-17-5-4-8-24-14-17;/h4-8,12,14,19H,3,9-11,13H2,1-2H3,(H2,23,25,26);1H. The molecule has 2 rings (SSSR count). The summed E-state index contributed by atoms with van der Waals surface area (Å²) in [7, 11) is 1.62. The predicted octanol–water partition coefficient (Wildman–Crippen LogP) is 3.83. The van der Waals surface area contributed by atoms with E-state index < -0.39 is 6.61 Å². The molecule has 0 saturated heterocycles. The zero-order chi connectivity index (χ0) is 20.9. The van der Waals surface area contributed by atoms with Crippen molar-refractivity contribution < 1.29 is 23.0 Å². The van der Waals surface area contributed by atoms with Crippen molar-refractivity contribution >= 4 is 29.9 Å². The smallest absolute Gasteiger partial charge is 0.387 e. The molecule has 0 bridgehead atoms. The van der Waals surface area contributed by atoms with E-state index in [1.54, 1.807) is 37.6 Å². The van der Waals surface area contributed by atoms with Crippen molar-refractivity contribution in [1.82, 2.24) is 15.6 Å². The summed E-state index contributed by atoms with van der Waals surface area (Å²) in [6.45, 7) is 0.712. The molecule has 1 aromatic carbocycles. The van der Waals surface area contributed by atoms with Gasteiger partial charge in [0.05, 0.1) is 19.3 Å². The summed E-state index contributed by atoms with van der Waals surface area (Å²) in [5.41, 5.74) is 0.559. The van der Waals surface area contributed by atoms with Gasteiger partial charge in [0.25, 0.3) is 0 Å². The van der Waals surface area contributed by atoms with Gasteiger partial charge in [0.2, 0.25) is 0 Å². The van der Waals surface area contributed by atoms with Gasteiger partial charge < -0.3 is 24.8 Å². The number of halogens is 3. The van der Waals surface area contributed by atoms with Crippen molar-refractivity contribution in [1.29, 1.82) is 0 Å². The molecule has 0 atom stereocenters. The lowest BCUT2D eigenvalue weighted by molar-refractivity contribution is -0.0505. The molecule has 0 aliphatic rings. The summed E-state index contributed by atoms with van der Waals surface area (Å²) in [5.74, 6) is 1.74. The lowest BCUT2D eigenvalue weighted by Gasteiger charge is -2.16. The van der Waals surface area contributed by atoms with E-state index in [1.807, 2.05) is 13.0 Å². The van der Waals surface area contributed by atoms with Crippen LogP contribution in [0, 0.1) is 0 Å². The SMILES string of the molecule is CCCOc1ccc(CNC(=NC)NCCOc2cccnc2)c(OC(F)F)c1.I. The average Bonchev–Trinajstić information content (AvgIpc) is 2.73. The van der Waals surface area contributed by atoms with Crippen molar-refractivity contribution in [3.63, 3.8) is 0 Å². The Bertz CT molecular complexity index is 767. The first-order chi connectivity index (χ1) is 14.1. The van der Waals surface area contributed by atoms with Crippen LogP contribution in [0.5, 0.6) is 17.2 Å². The van der Waals surface area contributed by atoms with Gasteiger partial charge in [-0.2, -0.15) is 8.78 Å². The summed E-state index contributed by atoms with van der Waals surface area (Å²) < 4.78 is 41.2. The van der Waals surface area contributed by atoms with Gasteiger partial charge >= 0.3 is 6.61 Å². The fourth-order valence-corrected chi connectivity index (χ4v) is 2.37. The van der Waals surface area contributed by atoms with Crippen LogP contribution in [0.4, 0.5) is 8.78 Å². The van der Waals surface area contributed by atoms with Crippen LogP contribution in [-0.2, 0) is 6.54 Å². The minimum atomic E-state index is -2.92. The normalized spacial score (nSPS) is 10.9. The first-order valence-corrected chi connectivity index (χ1v) is 9.30. The van der Waals surface area contributed by atoms with E-state index in [2.05, 4.69) is 25.3 Å². The zero-order valence-corrected chi connectivity index (χ0v) is 19.3. The molecule has 166 valence electrons. The van der Waals surface area contributed by atoms with Crippen LogP contribution in [0.3, 0.4) is 0 Å². The van der Waals surface area contributed by atoms with E-state index >= 15 is 0 Å². The third-order valence-corrected chi connectivity index (χ3v) is 3.70. The Labute approximate surface area is 192 Å². The largest absolute Gasteiger partial charge is 0.493 e. The molecule has 0 aliphatic heterocycles. The second kappa shape index (κ2) is 14.6. The monoisotopic (exact) mass is 536 g/mol. The molecule has 0 radical (unpaired) electrons. The van der Waals surface area contributed by atoms with E-state index in [-0.39, 0.29) is 36.3 Å². The molecule has 0 spiro atoms. The molecule has 0 unspecified atom stereocenters. The van der Waals surface area contributed by atoms with Crippen molar-refractivity contribution in [3.8, 4) is 17.2 Å². The molecule has 30 heavy (non-hydrogen) atoms. The minimum absolute atomic E-state index is 0. The molecule has 10 heteroatoms. The van der Waals surface area contributed by atoms with E-state index in [0.717, 1.165) is 6.42 Å². The first-order valence-electron chi connectivity index (χ1n) is 9.30. The van der Waals surface area contributed by atoms with Gasteiger partial charge in [-0.15, -0.1) is 24.0 Å². The third-order valence-electron chi connectivity index (χ3n) is 3.70. The second-order valence-corrected chi connectivity index (χ2v) is 5.89. The van der Waals surface area contributed by atoms with Gasteiger partial charge in [0, 0.05) is 31.4 Å². The first kappa shape index (κ1) is 25.7. The molecule has 0 fully saturated rings. The maximum atomic E-state index is 12.8. The van der Waals surface area contributed by atoms with Crippen LogP contribution in [-0.4, -0.2) is 44.4 Å². The van der Waals surface area contributed by atoms with E-state index in [1.165, 1.54) is 6.07 Å². The van der Waals surface area contributed by atoms with Gasteiger partial charge in [-0.05, 0) is 30.7 Å². The number of nitrogens with one attached hydrogen (secondary N) is 2. The zero-order valence-electron chi connectivity index (χ0n) is 16.9. The lowest BCUT2D eigenvalue weighted by Crippen LogP contribution is -2.39. The van der Waals surface area contributed by atoms with Crippen molar-refractivity contribution in [3.05, 3.63) is 48.3 Å². The number of guanidine groups is 1. The molecule has 7 nitrogen and oxygen atoms in total. The van der Waals surface area contributed by atoms with Crippen LogP contribution in [0.2, 0.25) is 0 Å². The minimum Gasteiger partial charge on any atom is -0.493 e. The van der Waals surface area contributed by atoms with Crippen LogP contribution in [0.25, 0.3) is 0 Å². The van der Waals surface area contributed by atoms with E-state index in [4.69, 9.17) is 9.47 Å². The molecule has 2 aromatic rings. The second-order valence-electron chi connectivity index (χ2n) is 5.89. The van der Waals surface area contributed by atoms with E-state index in [0.29, 0.717) is 42.8 Å². The van der Waals surface area contributed by atoms with Gasteiger partial charge in [-0.1, -0.05) is 6.92 Å². The number of ether oxygens (including phenoxy) is 3. The number of pyridine rings is 1. The average molecular weight is 536 g/mol. The summed E-state index contributed by atoms with van der Waals surface area (Å²) in [4.78, 5) is 8.08. The van der Waals surface area contributed by atoms with Gasteiger partial charge in [0.1, 0.15) is 23.9 Å². The number of nitrogens with zero attached hydrogens (tertiary/aromatic N) is 2.